The minimum Gasteiger partial charge on any atom is -0.368 e. The van der Waals surface area contributed by atoms with Crippen molar-refractivity contribution in [1.82, 2.24) is 4.98 Å². The van der Waals surface area contributed by atoms with Crippen LogP contribution in [0.2, 0.25) is 0 Å². The van der Waals surface area contributed by atoms with E-state index in [2.05, 4.69) is 11.4 Å². The molecule has 1 aromatic heterocycles. The van der Waals surface area contributed by atoms with Gasteiger partial charge in [-0.25, -0.2) is 4.98 Å². The highest BCUT2D eigenvalue weighted by molar-refractivity contribution is 5.83. The summed E-state index contributed by atoms with van der Waals surface area (Å²) in [6.07, 6.45) is 6.45. The van der Waals surface area contributed by atoms with Gasteiger partial charge < -0.3 is 10.6 Å². The lowest BCUT2D eigenvalue weighted by molar-refractivity contribution is -0.119. The van der Waals surface area contributed by atoms with Crippen LogP contribution in [0.4, 0.5) is 5.82 Å². The molecule has 2 N–H and O–H groups in total. The Hall–Kier alpha value is -1.58. The zero-order valence-electron chi connectivity index (χ0n) is 8.39. The fraction of sp³-hybridized carbons (Fsp3) is 0.364. The zero-order valence-corrected chi connectivity index (χ0v) is 8.39. The summed E-state index contributed by atoms with van der Waals surface area (Å²) in [6, 6.07) is 5.37. The Bertz CT molecular complexity index is 339. The molecule has 1 atom stereocenters. The minimum atomic E-state index is -0.290. The van der Waals surface area contributed by atoms with E-state index in [1.807, 2.05) is 23.1 Å². The quantitative estimate of drug-likeness (QED) is 0.766. The number of primary amides is 1. The molecule has 1 aliphatic rings. The van der Waals surface area contributed by atoms with Crippen molar-refractivity contribution in [3.8, 4) is 0 Å². The average molecular weight is 203 g/mol. The first kappa shape index (κ1) is 9.96. The summed E-state index contributed by atoms with van der Waals surface area (Å²) in [4.78, 5) is 17.4. The zero-order chi connectivity index (χ0) is 10.7. The van der Waals surface area contributed by atoms with Gasteiger partial charge in [-0.1, -0.05) is 6.07 Å². The summed E-state index contributed by atoms with van der Waals surface area (Å²) >= 11 is 0. The Balaban J connectivity index is 2.22. The third kappa shape index (κ3) is 2.09. The van der Waals surface area contributed by atoms with E-state index < -0.39 is 0 Å². The number of hydrogen-bond acceptors (Lipinski definition) is 3. The van der Waals surface area contributed by atoms with E-state index in [0.29, 0.717) is 6.54 Å². The number of anilines is 1. The fourth-order valence-corrected chi connectivity index (χ4v) is 1.76. The molecule has 4 nitrogen and oxygen atoms in total. The van der Waals surface area contributed by atoms with Crippen molar-refractivity contribution in [2.24, 2.45) is 5.73 Å². The summed E-state index contributed by atoms with van der Waals surface area (Å²) in [5, 5.41) is 0. The van der Waals surface area contributed by atoms with Gasteiger partial charge in [0.2, 0.25) is 5.91 Å². The van der Waals surface area contributed by atoms with Crippen LogP contribution < -0.4 is 10.6 Å². The van der Waals surface area contributed by atoms with E-state index in [9.17, 15) is 4.79 Å². The largest absolute Gasteiger partial charge is 0.368 e. The van der Waals surface area contributed by atoms with Gasteiger partial charge in [0, 0.05) is 19.2 Å². The van der Waals surface area contributed by atoms with Crippen molar-refractivity contribution in [2.75, 3.05) is 11.4 Å². The molecule has 15 heavy (non-hydrogen) atoms. The van der Waals surface area contributed by atoms with Crippen LogP contribution in [0.25, 0.3) is 0 Å². The van der Waals surface area contributed by atoms with Crippen LogP contribution in [-0.4, -0.2) is 23.5 Å². The SMILES string of the molecule is NC(=O)C1CC[C]CN1c1ccccn1. The molecule has 1 unspecified atom stereocenters. The maximum Gasteiger partial charge on any atom is 0.240 e. The van der Waals surface area contributed by atoms with Crippen LogP contribution in [0, 0.1) is 6.42 Å². The molecule has 1 aromatic rings. The van der Waals surface area contributed by atoms with Crippen LogP contribution in [-0.2, 0) is 4.79 Å². The first-order chi connectivity index (χ1) is 7.29. The highest BCUT2D eigenvalue weighted by Crippen LogP contribution is 2.21. The number of amides is 1. The lowest BCUT2D eigenvalue weighted by Gasteiger charge is -2.34. The van der Waals surface area contributed by atoms with Gasteiger partial charge in [0.05, 0.1) is 0 Å². The Morgan fingerprint density at radius 2 is 2.47 bits per heavy atom. The number of piperidine rings is 1. The van der Waals surface area contributed by atoms with Crippen LogP contribution in [0.1, 0.15) is 12.8 Å². The highest BCUT2D eigenvalue weighted by Gasteiger charge is 2.27. The predicted molar refractivity (Wildman–Crippen MR) is 57.0 cm³/mol. The number of nitrogens with zero attached hydrogens (tertiary/aromatic N) is 2. The molecule has 4 heteroatoms. The summed E-state index contributed by atoms with van der Waals surface area (Å²) in [5.74, 6) is 0.496. The number of hydrogen-bond donors (Lipinski definition) is 1. The molecule has 0 spiro atoms. The van der Waals surface area contributed by atoms with Crippen molar-refractivity contribution in [3.63, 3.8) is 0 Å². The van der Waals surface area contributed by atoms with Gasteiger partial charge in [-0.2, -0.15) is 0 Å². The van der Waals surface area contributed by atoms with Gasteiger partial charge in [-0.15, -0.1) is 0 Å². The van der Waals surface area contributed by atoms with Crippen LogP contribution in [0.15, 0.2) is 24.4 Å². The van der Waals surface area contributed by atoms with Gasteiger partial charge >= 0.3 is 0 Å². The van der Waals surface area contributed by atoms with Crippen molar-refractivity contribution in [2.45, 2.75) is 18.9 Å². The van der Waals surface area contributed by atoms with E-state index in [4.69, 9.17) is 5.73 Å². The molecule has 0 saturated carbocycles. The molecule has 2 radical (unpaired) electrons. The van der Waals surface area contributed by atoms with E-state index >= 15 is 0 Å². The number of nitrogens with two attached hydrogens (primary N) is 1. The maximum atomic E-state index is 11.3. The minimum absolute atomic E-state index is 0.249. The van der Waals surface area contributed by atoms with Gasteiger partial charge in [-0.05, 0) is 25.0 Å². The fourth-order valence-electron chi connectivity index (χ4n) is 1.76. The molecule has 78 valence electrons. The second kappa shape index (κ2) is 4.29. The normalized spacial score (nSPS) is 21.3. The highest BCUT2D eigenvalue weighted by atomic mass is 16.1. The number of pyridine rings is 1. The van der Waals surface area contributed by atoms with Crippen molar-refractivity contribution < 1.29 is 4.79 Å². The molecule has 0 aliphatic carbocycles. The maximum absolute atomic E-state index is 11.3. The third-order valence-electron chi connectivity index (χ3n) is 2.52. The van der Waals surface area contributed by atoms with Crippen LogP contribution >= 0.6 is 0 Å². The lowest BCUT2D eigenvalue weighted by atomic mass is 10.0. The molecule has 2 rings (SSSR count). The van der Waals surface area contributed by atoms with Crippen molar-refractivity contribution in [1.29, 1.82) is 0 Å². The Labute approximate surface area is 89.1 Å². The smallest absolute Gasteiger partial charge is 0.240 e. The molecule has 0 bridgehead atoms. The number of carbonyl (C=O) groups is 1. The van der Waals surface area contributed by atoms with E-state index in [1.54, 1.807) is 6.20 Å². The average Bonchev–Trinajstić information content (AvgIpc) is 2.30. The summed E-state index contributed by atoms with van der Waals surface area (Å²) in [6.45, 7) is 0.616. The molecule has 1 amide bonds. The van der Waals surface area contributed by atoms with Gasteiger partial charge in [0.1, 0.15) is 11.9 Å². The second-order valence-electron chi connectivity index (χ2n) is 3.52. The van der Waals surface area contributed by atoms with Crippen LogP contribution in [0.5, 0.6) is 0 Å². The van der Waals surface area contributed by atoms with Gasteiger partial charge in [0.25, 0.3) is 0 Å². The Morgan fingerprint density at radius 1 is 1.60 bits per heavy atom. The van der Waals surface area contributed by atoms with E-state index in [-0.39, 0.29) is 11.9 Å². The first-order valence-electron chi connectivity index (χ1n) is 4.97. The van der Waals surface area contributed by atoms with E-state index in [1.165, 1.54) is 0 Å². The standard InChI is InChI=1S/C11H13N3O/c12-11(15)9-5-2-4-8-14(9)10-6-1-3-7-13-10/h1,3,6-7,9H,2,5,8H2,(H2,12,15). The molecule has 1 fully saturated rings. The second-order valence-corrected chi connectivity index (χ2v) is 3.52. The number of carbonyl (C=O) groups excluding carboxylic acids is 1. The molecular formula is C11H13N3O. The Kier molecular flexibility index (Phi) is 2.85. The topological polar surface area (TPSA) is 59.2 Å². The molecule has 0 aromatic carbocycles. The summed E-state index contributed by atoms with van der Waals surface area (Å²) in [7, 11) is 0. The predicted octanol–water partition coefficient (Wildman–Crippen LogP) is 0.617. The van der Waals surface area contributed by atoms with Crippen LogP contribution in [0.3, 0.4) is 0 Å². The molecule has 2 heterocycles. The number of aromatic nitrogens is 1. The molecular weight excluding hydrogens is 190 g/mol. The van der Waals surface area contributed by atoms with E-state index in [0.717, 1.165) is 18.7 Å². The first-order valence-corrected chi connectivity index (χ1v) is 4.97. The monoisotopic (exact) mass is 203 g/mol. The van der Waals surface area contributed by atoms with Gasteiger partial charge in [0.15, 0.2) is 0 Å². The number of rotatable bonds is 2. The summed E-state index contributed by atoms with van der Waals surface area (Å²) in [5.41, 5.74) is 5.36. The Morgan fingerprint density at radius 3 is 3.13 bits per heavy atom. The summed E-state index contributed by atoms with van der Waals surface area (Å²) < 4.78 is 0. The molecule has 1 aliphatic heterocycles. The molecule has 1 saturated heterocycles. The van der Waals surface area contributed by atoms with Crippen molar-refractivity contribution >= 4 is 11.7 Å². The van der Waals surface area contributed by atoms with Gasteiger partial charge in [-0.3, -0.25) is 4.79 Å². The third-order valence-corrected chi connectivity index (χ3v) is 2.52. The lowest BCUT2D eigenvalue weighted by Crippen LogP contribution is -2.48. The van der Waals surface area contributed by atoms with Crippen molar-refractivity contribution in [3.05, 3.63) is 30.8 Å².